The van der Waals surface area contributed by atoms with Crippen molar-refractivity contribution in [1.82, 2.24) is 19.4 Å². The van der Waals surface area contributed by atoms with Crippen molar-refractivity contribution >= 4 is 5.91 Å². The van der Waals surface area contributed by atoms with Gasteiger partial charge in [0.2, 0.25) is 5.91 Å². The third-order valence-corrected chi connectivity index (χ3v) is 5.12. The minimum absolute atomic E-state index is 0.0823. The minimum atomic E-state index is -0.522. The largest absolute Gasteiger partial charge is 0.385 e. The molecule has 23 heavy (non-hydrogen) atoms. The Kier molecular flexibility index (Phi) is 6.18. The van der Waals surface area contributed by atoms with Gasteiger partial charge in [-0.3, -0.25) is 9.69 Å². The van der Waals surface area contributed by atoms with Crippen molar-refractivity contribution in [2.24, 2.45) is 13.0 Å². The maximum Gasteiger partial charge on any atom is 0.239 e. The van der Waals surface area contributed by atoms with E-state index in [9.17, 15) is 9.90 Å². The zero-order chi connectivity index (χ0) is 17.0. The van der Waals surface area contributed by atoms with Crippen LogP contribution in [0.2, 0.25) is 0 Å². The topological polar surface area (TPSA) is 61.6 Å². The lowest BCUT2D eigenvalue weighted by atomic mass is 9.90. The molecule has 1 aromatic rings. The molecule has 0 aromatic carbocycles. The SMILES string of the molecule is CCN(CC)C(=O)[C@H](C)N1CCC([C@@H](O)c2nccn2C)CC1. The molecule has 6 heteroatoms. The zero-order valence-corrected chi connectivity index (χ0v) is 14.8. The molecule has 2 rings (SSSR count). The first-order chi connectivity index (χ1) is 11.0. The van der Waals surface area contributed by atoms with Crippen molar-refractivity contribution in [3.63, 3.8) is 0 Å². The van der Waals surface area contributed by atoms with Crippen LogP contribution >= 0.6 is 0 Å². The third-order valence-electron chi connectivity index (χ3n) is 5.12. The molecule has 1 amide bonds. The fourth-order valence-electron chi connectivity index (χ4n) is 3.45. The summed E-state index contributed by atoms with van der Waals surface area (Å²) in [6.07, 6.45) is 4.84. The number of imidazole rings is 1. The third kappa shape index (κ3) is 3.93. The molecule has 0 saturated carbocycles. The van der Waals surface area contributed by atoms with Crippen LogP contribution in [0.4, 0.5) is 0 Å². The first-order valence-electron chi connectivity index (χ1n) is 8.67. The van der Waals surface area contributed by atoms with Gasteiger partial charge in [0, 0.05) is 32.5 Å². The molecule has 0 bridgehead atoms. The number of rotatable bonds is 6. The highest BCUT2D eigenvalue weighted by molar-refractivity contribution is 5.81. The Hall–Kier alpha value is -1.40. The van der Waals surface area contributed by atoms with Gasteiger partial charge in [-0.1, -0.05) is 0 Å². The number of aliphatic hydroxyl groups excluding tert-OH is 1. The number of likely N-dealkylation sites (N-methyl/N-ethyl adjacent to an activating group) is 1. The lowest BCUT2D eigenvalue weighted by molar-refractivity contribution is -0.136. The second-order valence-electron chi connectivity index (χ2n) is 6.40. The van der Waals surface area contributed by atoms with Gasteiger partial charge in [0.25, 0.3) is 0 Å². The molecule has 6 nitrogen and oxygen atoms in total. The number of likely N-dealkylation sites (tertiary alicyclic amines) is 1. The predicted octanol–water partition coefficient (Wildman–Crippen LogP) is 1.42. The number of nitrogens with zero attached hydrogens (tertiary/aromatic N) is 4. The van der Waals surface area contributed by atoms with E-state index in [-0.39, 0.29) is 17.9 Å². The summed E-state index contributed by atoms with van der Waals surface area (Å²) in [4.78, 5) is 20.9. The van der Waals surface area contributed by atoms with Gasteiger partial charge in [0.1, 0.15) is 11.9 Å². The zero-order valence-electron chi connectivity index (χ0n) is 14.8. The van der Waals surface area contributed by atoms with Crippen LogP contribution in [0, 0.1) is 5.92 Å². The van der Waals surface area contributed by atoms with Crippen LogP contribution in [-0.2, 0) is 11.8 Å². The number of carbonyl (C=O) groups excluding carboxylic acids is 1. The van der Waals surface area contributed by atoms with Crippen molar-refractivity contribution in [2.75, 3.05) is 26.2 Å². The molecule has 1 aliphatic heterocycles. The van der Waals surface area contributed by atoms with E-state index >= 15 is 0 Å². The van der Waals surface area contributed by atoms with Crippen molar-refractivity contribution in [2.45, 2.75) is 45.8 Å². The van der Waals surface area contributed by atoms with Crippen LogP contribution in [0.5, 0.6) is 0 Å². The number of aryl methyl sites for hydroxylation is 1. The van der Waals surface area contributed by atoms with Gasteiger partial charge in [-0.2, -0.15) is 0 Å². The maximum atomic E-state index is 12.5. The van der Waals surface area contributed by atoms with Gasteiger partial charge >= 0.3 is 0 Å². The molecular weight excluding hydrogens is 292 g/mol. The Labute approximate surface area is 139 Å². The van der Waals surface area contributed by atoms with E-state index in [2.05, 4.69) is 9.88 Å². The highest BCUT2D eigenvalue weighted by Crippen LogP contribution is 2.30. The number of carbonyl (C=O) groups is 1. The number of piperidine rings is 1. The van der Waals surface area contributed by atoms with Gasteiger partial charge in [-0.25, -0.2) is 4.98 Å². The first-order valence-corrected chi connectivity index (χ1v) is 8.67. The average Bonchev–Trinajstić information content (AvgIpc) is 3.00. The summed E-state index contributed by atoms with van der Waals surface area (Å²) in [5, 5.41) is 10.5. The number of aromatic nitrogens is 2. The van der Waals surface area contributed by atoms with Crippen molar-refractivity contribution in [3.05, 3.63) is 18.2 Å². The summed E-state index contributed by atoms with van der Waals surface area (Å²) in [6, 6.07) is -0.0823. The van der Waals surface area contributed by atoms with E-state index in [4.69, 9.17) is 0 Å². The van der Waals surface area contributed by atoms with Gasteiger partial charge in [-0.05, 0) is 52.6 Å². The molecule has 130 valence electrons. The Balaban J connectivity index is 1.91. The highest BCUT2D eigenvalue weighted by atomic mass is 16.3. The number of hydrogen-bond donors (Lipinski definition) is 1. The van der Waals surface area contributed by atoms with E-state index in [1.807, 2.05) is 43.5 Å². The molecule has 1 saturated heterocycles. The quantitative estimate of drug-likeness (QED) is 0.860. The molecular formula is C17H30N4O2. The van der Waals surface area contributed by atoms with Gasteiger partial charge in [0.15, 0.2) is 0 Å². The molecule has 1 aliphatic rings. The number of hydrogen-bond acceptors (Lipinski definition) is 4. The van der Waals surface area contributed by atoms with Crippen LogP contribution in [0.25, 0.3) is 0 Å². The van der Waals surface area contributed by atoms with Gasteiger partial charge in [0.05, 0.1) is 6.04 Å². The molecule has 1 N–H and O–H groups in total. The summed E-state index contributed by atoms with van der Waals surface area (Å²) in [7, 11) is 1.91. The smallest absolute Gasteiger partial charge is 0.239 e. The lowest BCUT2D eigenvalue weighted by Crippen LogP contribution is -2.50. The highest BCUT2D eigenvalue weighted by Gasteiger charge is 2.32. The summed E-state index contributed by atoms with van der Waals surface area (Å²) < 4.78 is 1.88. The standard InChI is InChI=1S/C17H30N4O2/c1-5-20(6-2)17(23)13(3)21-10-7-14(8-11-21)15(22)16-18-9-12-19(16)4/h9,12-15,22H,5-8,10-11H2,1-4H3/t13-,15+/m0/s1. The first kappa shape index (κ1) is 17.9. The molecule has 0 unspecified atom stereocenters. The van der Waals surface area contributed by atoms with Crippen molar-refractivity contribution in [1.29, 1.82) is 0 Å². The van der Waals surface area contributed by atoms with Crippen LogP contribution in [-0.4, -0.2) is 62.6 Å². The van der Waals surface area contributed by atoms with E-state index in [1.54, 1.807) is 6.20 Å². The van der Waals surface area contributed by atoms with Crippen LogP contribution in [0.3, 0.4) is 0 Å². The Morgan fingerprint density at radius 3 is 2.48 bits per heavy atom. The molecule has 0 spiro atoms. The normalized spacial score (nSPS) is 19.5. The van der Waals surface area contributed by atoms with E-state index < -0.39 is 6.10 Å². The number of amides is 1. The van der Waals surface area contributed by atoms with Crippen molar-refractivity contribution in [3.8, 4) is 0 Å². The summed E-state index contributed by atoms with van der Waals surface area (Å²) in [5.41, 5.74) is 0. The molecule has 0 aliphatic carbocycles. The second kappa shape index (κ2) is 7.93. The maximum absolute atomic E-state index is 12.5. The molecule has 2 atom stereocenters. The van der Waals surface area contributed by atoms with Crippen LogP contribution in [0.1, 0.15) is 45.5 Å². The fraction of sp³-hybridized carbons (Fsp3) is 0.765. The molecule has 1 aromatic heterocycles. The molecule has 0 radical (unpaired) electrons. The van der Waals surface area contributed by atoms with Crippen molar-refractivity contribution < 1.29 is 9.90 Å². The van der Waals surface area contributed by atoms with E-state index in [0.717, 1.165) is 44.8 Å². The Morgan fingerprint density at radius 2 is 2.00 bits per heavy atom. The molecule has 2 heterocycles. The fourth-order valence-corrected chi connectivity index (χ4v) is 3.45. The monoisotopic (exact) mass is 322 g/mol. The lowest BCUT2D eigenvalue weighted by Gasteiger charge is -2.38. The number of aliphatic hydroxyl groups is 1. The van der Waals surface area contributed by atoms with E-state index in [1.165, 1.54) is 0 Å². The van der Waals surface area contributed by atoms with Crippen LogP contribution in [0.15, 0.2) is 12.4 Å². The summed E-state index contributed by atoms with van der Waals surface area (Å²) in [5.74, 6) is 1.15. The summed E-state index contributed by atoms with van der Waals surface area (Å²) in [6.45, 7) is 9.24. The van der Waals surface area contributed by atoms with Gasteiger partial charge < -0.3 is 14.6 Å². The van der Waals surface area contributed by atoms with Crippen LogP contribution < -0.4 is 0 Å². The van der Waals surface area contributed by atoms with E-state index in [0.29, 0.717) is 0 Å². The Morgan fingerprint density at radius 1 is 1.39 bits per heavy atom. The molecule has 1 fully saturated rings. The van der Waals surface area contributed by atoms with Gasteiger partial charge in [-0.15, -0.1) is 0 Å². The minimum Gasteiger partial charge on any atom is -0.385 e. The summed E-state index contributed by atoms with van der Waals surface area (Å²) >= 11 is 0. The predicted molar refractivity (Wildman–Crippen MR) is 89.9 cm³/mol. The average molecular weight is 322 g/mol. The Bertz CT molecular complexity index is 504. The second-order valence-corrected chi connectivity index (χ2v) is 6.40.